The molecule has 64 valence electrons. The third-order valence-corrected chi connectivity index (χ3v) is 1.79. The van der Waals surface area contributed by atoms with Crippen LogP contribution in [0.5, 0.6) is 0 Å². The molecule has 1 heterocycles. The molecular formula is C10H9N3. The third-order valence-electron chi connectivity index (χ3n) is 1.79. The molecule has 13 heavy (non-hydrogen) atoms. The maximum Gasteiger partial charge on any atom is 0.0708 e. The smallest absolute Gasteiger partial charge is 0.0708 e. The first kappa shape index (κ1) is 7.86. The molecule has 0 N–H and O–H groups in total. The van der Waals surface area contributed by atoms with Gasteiger partial charge in [0.25, 0.3) is 0 Å². The summed E-state index contributed by atoms with van der Waals surface area (Å²) in [5.74, 6) is 0. The van der Waals surface area contributed by atoms with Crippen LogP contribution in [0.25, 0.3) is 0 Å². The van der Waals surface area contributed by atoms with Gasteiger partial charge in [0.1, 0.15) is 0 Å². The van der Waals surface area contributed by atoms with Gasteiger partial charge >= 0.3 is 0 Å². The number of benzene rings is 1. The molecule has 0 aliphatic heterocycles. The van der Waals surface area contributed by atoms with E-state index in [2.05, 4.69) is 27.5 Å². The van der Waals surface area contributed by atoms with Crippen LogP contribution < -0.4 is 0 Å². The SMILES string of the molecule is c1ccc(Cc2ccnnn2)cc1. The Bertz CT molecular complexity index is 321. The number of aromatic nitrogens is 3. The predicted octanol–water partition coefficient (Wildman–Crippen LogP) is 1.46. The lowest BCUT2D eigenvalue weighted by Gasteiger charge is -1.97. The molecule has 1 aromatic carbocycles. The van der Waals surface area contributed by atoms with Gasteiger partial charge in [-0.25, -0.2) is 0 Å². The fourth-order valence-electron chi connectivity index (χ4n) is 1.17. The van der Waals surface area contributed by atoms with E-state index < -0.39 is 0 Å². The molecule has 3 nitrogen and oxygen atoms in total. The van der Waals surface area contributed by atoms with E-state index in [-0.39, 0.29) is 0 Å². The van der Waals surface area contributed by atoms with Gasteiger partial charge in [0.2, 0.25) is 0 Å². The van der Waals surface area contributed by atoms with Crippen LogP contribution in [-0.4, -0.2) is 15.4 Å². The van der Waals surface area contributed by atoms with Crippen molar-refractivity contribution in [1.82, 2.24) is 15.4 Å². The van der Waals surface area contributed by atoms with Crippen molar-refractivity contribution in [1.29, 1.82) is 0 Å². The summed E-state index contributed by atoms with van der Waals surface area (Å²) in [4.78, 5) is 0. The first-order valence-corrected chi connectivity index (χ1v) is 4.12. The van der Waals surface area contributed by atoms with Crippen molar-refractivity contribution in [3.63, 3.8) is 0 Å². The first-order chi connectivity index (χ1) is 6.45. The standard InChI is InChI=1S/C10H9N3/c1-2-4-9(5-3-1)8-10-6-7-11-13-12-10/h1-7H,8H2. The number of nitrogens with zero attached hydrogens (tertiary/aromatic N) is 3. The van der Waals surface area contributed by atoms with Gasteiger partial charge in [-0.3, -0.25) is 0 Å². The van der Waals surface area contributed by atoms with Crippen LogP contribution in [0.2, 0.25) is 0 Å². The summed E-state index contributed by atoms with van der Waals surface area (Å²) in [6, 6.07) is 12.1. The van der Waals surface area contributed by atoms with Crippen molar-refractivity contribution < 1.29 is 0 Å². The Hall–Kier alpha value is -1.77. The molecule has 0 aliphatic carbocycles. The zero-order valence-electron chi connectivity index (χ0n) is 7.09. The van der Waals surface area contributed by atoms with Crippen LogP contribution in [0, 0.1) is 0 Å². The molecule has 1 aromatic heterocycles. The minimum atomic E-state index is 0.816. The molecule has 0 unspecified atom stereocenters. The summed E-state index contributed by atoms with van der Waals surface area (Å²) < 4.78 is 0. The lowest BCUT2D eigenvalue weighted by atomic mass is 10.1. The number of hydrogen-bond donors (Lipinski definition) is 0. The summed E-state index contributed by atoms with van der Waals surface area (Å²) in [5, 5.41) is 11.1. The minimum Gasteiger partial charge on any atom is -0.139 e. The zero-order valence-corrected chi connectivity index (χ0v) is 7.09. The predicted molar refractivity (Wildman–Crippen MR) is 49.1 cm³/mol. The lowest BCUT2D eigenvalue weighted by Crippen LogP contribution is -1.94. The molecule has 0 atom stereocenters. The van der Waals surface area contributed by atoms with E-state index in [1.54, 1.807) is 6.20 Å². The monoisotopic (exact) mass is 171 g/mol. The van der Waals surface area contributed by atoms with E-state index in [0.717, 1.165) is 12.1 Å². The summed E-state index contributed by atoms with van der Waals surface area (Å²) in [6.07, 6.45) is 2.47. The second-order valence-corrected chi connectivity index (χ2v) is 2.77. The van der Waals surface area contributed by atoms with Gasteiger partial charge in [-0.1, -0.05) is 30.3 Å². The van der Waals surface area contributed by atoms with Crippen LogP contribution in [0.1, 0.15) is 11.3 Å². The second-order valence-electron chi connectivity index (χ2n) is 2.77. The van der Waals surface area contributed by atoms with Gasteiger partial charge < -0.3 is 0 Å². The number of hydrogen-bond acceptors (Lipinski definition) is 3. The van der Waals surface area contributed by atoms with Crippen molar-refractivity contribution in [2.45, 2.75) is 6.42 Å². The summed E-state index contributed by atoms with van der Waals surface area (Å²) in [7, 11) is 0. The second kappa shape index (κ2) is 3.76. The van der Waals surface area contributed by atoms with Crippen molar-refractivity contribution in [2.75, 3.05) is 0 Å². The molecule has 0 amide bonds. The molecule has 0 saturated heterocycles. The van der Waals surface area contributed by atoms with Gasteiger partial charge in [-0.2, -0.15) is 0 Å². The fraction of sp³-hybridized carbons (Fsp3) is 0.100. The van der Waals surface area contributed by atoms with E-state index in [4.69, 9.17) is 0 Å². The van der Waals surface area contributed by atoms with Crippen molar-refractivity contribution >= 4 is 0 Å². The molecule has 0 bridgehead atoms. The lowest BCUT2D eigenvalue weighted by molar-refractivity contribution is 0.820. The average molecular weight is 171 g/mol. The van der Waals surface area contributed by atoms with Crippen molar-refractivity contribution in [3.8, 4) is 0 Å². The minimum absolute atomic E-state index is 0.816. The largest absolute Gasteiger partial charge is 0.139 e. The van der Waals surface area contributed by atoms with E-state index >= 15 is 0 Å². The van der Waals surface area contributed by atoms with Gasteiger partial charge in [0.15, 0.2) is 0 Å². The maximum atomic E-state index is 3.91. The Morgan fingerprint density at radius 2 is 1.85 bits per heavy atom. The van der Waals surface area contributed by atoms with Crippen LogP contribution in [-0.2, 0) is 6.42 Å². The highest BCUT2D eigenvalue weighted by molar-refractivity contribution is 5.20. The van der Waals surface area contributed by atoms with Gasteiger partial charge in [0, 0.05) is 6.42 Å². The van der Waals surface area contributed by atoms with Crippen molar-refractivity contribution in [3.05, 3.63) is 53.9 Å². The van der Waals surface area contributed by atoms with Gasteiger partial charge in [0.05, 0.1) is 11.9 Å². The van der Waals surface area contributed by atoms with E-state index in [1.807, 2.05) is 24.3 Å². The maximum absolute atomic E-state index is 3.91. The summed E-state index contributed by atoms with van der Waals surface area (Å²) in [6.45, 7) is 0. The van der Waals surface area contributed by atoms with E-state index in [0.29, 0.717) is 0 Å². The summed E-state index contributed by atoms with van der Waals surface area (Å²) >= 11 is 0. The molecule has 0 spiro atoms. The molecule has 0 aliphatic rings. The Morgan fingerprint density at radius 1 is 1.00 bits per heavy atom. The highest BCUT2D eigenvalue weighted by Gasteiger charge is 1.95. The Morgan fingerprint density at radius 3 is 2.54 bits per heavy atom. The van der Waals surface area contributed by atoms with Crippen LogP contribution in [0.3, 0.4) is 0 Å². The van der Waals surface area contributed by atoms with Crippen LogP contribution >= 0.6 is 0 Å². The topological polar surface area (TPSA) is 38.7 Å². The summed E-state index contributed by atoms with van der Waals surface area (Å²) in [5.41, 5.74) is 2.18. The van der Waals surface area contributed by atoms with Gasteiger partial charge in [-0.05, 0) is 16.8 Å². The normalized spacial score (nSPS) is 9.85. The Kier molecular flexibility index (Phi) is 2.27. The Labute approximate surface area is 76.4 Å². The molecule has 0 saturated carbocycles. The molecule has 2 rings (SSSR count). The zero-order chi connectivity index (χ0) is 8.93. The van der Waals surface area contributed by atoms with E-state index in [9.17, 15) is 0 Å². The quantitative estimate of drug-likeness (QED) is 0.686. The molecule has 0 radical (unpaired) electrons. The third kappa shape index (κ3) is 2.08. The van der Waals surface area contributed by atoms with Crippen molar-refractivity contribution in [2.24, 2.45) is 0 Å². The molecule has 0 fully saturated rings. The van der Waals surface area contributed by atoms with Crippen LogP contribution in [0.15, 0.2) is 42.6 Å². The molecule has 2 aromatic rings. The highest BCUT2D eigenvalue weighted by Crippen LogP contribution is 2.04. The molecular weight excluding hydrogens is 162 g/mol. The number of rotatable bonds is 2. The highest BCUT2D eigenvalue weighted by atomic mass is 15.3. The molecule has 3 heteroatoms. The Balaban J connectivity index is 2.16. The van der Waals surface area contributed by atoms with E-state index in [1.165, 1.54) is 5.56 Å². The average Bonchev–Trinajstić information content (AvgIpc) is 2.21. The fourth-order valence-corrected chi connectivity index (χ4v) is 1.17. The van der Waals surface area contributed by atoms with Gasteiger partial charge in [-0.15, -0.1) is 10.2 Å². The first-order valence-electron chi connectivity index (χ1n) is 4.12. The van der Waals surface area contributed by atoms with Crippen LogP contribution in [0.4, 0.5) is 0 Å².